The first-order valence-electron chi connectivity index (χ1n) is 8.56. The van der Waals surface area contributed by atoms with Crippen molar-refractivity contribution in [2.75, 3.05) is 0 Å². The van der Waals surface area contributed by atoms with Crippen LogP contribution in [0.25, 0.3) is 0 Å². The third-order valence-corrected chi connectivity index (χ3v) is 5.61. The molecule has 0 saturated heterocycles. The van der Waals surface area contributed by atoms with Crippen molar-refractivity contribution < 1.29 is 4.39 Å². The molecule has 0 heterocycles. The maximum atomic E-state index is 13.9. The second-order valence-corrected chi connectivity index (χ2v) is 7.27. The van der Waals surface area contributed by atoms with Gasteiger partial charge in [-0.1, -0.05) is 45.8 Å². The Morgan fingerprint density at radius 3 is 2.14 bits per heavy atom. The Morgan fingerprint density at radius 2 is 1.57 bits per heavy atom. The summed E-state index contributed by atoms with van der Waals surface area (Å²) in [7, 11) is 0. The van der Waals surface area contributed by atoms with E-state index in [-0.39, 0.29) is 5.25 Å². The van der Waals surface area contributed by atoms with Gasteiger partial charge in [-0.3, -0.25) is 0 Å². The van der Waals surface area contributed by atoms with E-state index in [9.17, 15) is 4.39 Å². The lowest BCUT2D eigenvalue weighted by Crippen LogP contribution is -2.27. The van der Waals surface area contributed by atoms with E-state index in [1.807, 2.05) is 19.2 Å². The Morgan fingerprint density at radius 1 is 1.00 bits per heavy atom. The average Bonchev–Trinajstić information content (AvgIpc) is 2.51. The van der Waals surface area contributed by atoms with Gasteiger partial charge in [-0.2, -0.15) is 5.26 Å². The molecule has 21 heavy (non-hydrogen) atoms. The van der Waals surface area contributed by atoms with Gasteiger partial charge < -0.3 is 0 Å². The van der Waals surface area contributed by atoms with Crippen molar-refractivity contribution >= 4 is 11.8 Å². The standard InChI is InChI=1S/C16H24FNS.C2H6/c1-12-2-4-13(5-3-12)6-7-14-8-9-16(19-11-18)15(17)10-14;1-2/h6-7,12-16H,2-5,8-10H2,1H3;1-2H3. The van der Waals surface area contributed by atoms with Crippen LogP contribution in [0.3, 0.4) is 0 Å². The summed E-state index contributed by atoms with van der Waals surface area (Å²) >= 11 is 1.12. The fourth-order valence-electron chi connectivity index (χ4n) is 3.29. The molecule has 1 nitrogen and oxygen atoms in total. The molecule has 2 aliphatic rings. The lowest BCUT2D eigenvalue weighted by atomic mass is 9.81. The summed E-state index contributed by atoms with van der Waals surface area (Å²) in [5.41, 5.74) is 0. The monoisotopic (exact) mass is 311 g/mol. The summed E-state index contributed by atoms with van der Waals surface area (Å²) in [6.45, 7) is 6.34. The predicted octanol–water partition coefficient (Wildman–Crippen LogP) is 6.12. The highest BCUT2D eigenvalue weighted by molar-refractivity contribution is 8.04. The first-order valence-corrected chi connectivity index (χ1v) is 9.44. The maximum absolute atomic E-state index is 13.9. The van der Waals surface area contributed by atoms with Crippen LogP contribution in [0.5, 0.6) is 0 Å². The summed E-state index contributed by atoms with van der Waals surface area (Å²) in [6.07, 6.45) is 11.6. The lowest BCUT2D eigenvalue weighted by Gasteiger charge is -2.29. The van der Waals surface area contributed by atoms with Crippen LogP contribution in [-0.2, 0) is 0 Å². The number of hydrogen-bond acceptors (Lipinski definition) is 2. The average molecular weight is 312 g/mol. The van der Waals surface area contributed by atoms with Crippen LogP contribution in [0.15, 0.2) is 12.2 Å². The van der Waals surface area contributed by atoms with Gasteiger partial charge in [0.25, 0.3) is 0 Å². The van der Waals surface area contributed by atoms with Crippen molar-refractivity contribution in [1.29, 1.82) is 5.26 Å². The number of hydrogen-bond donors (Lipinski definition) is 0. The first-order chi connectivity index (χ1) is 10.2. The zero-order valence-electron chi connectivity index (χ0n) is 13.7. The second-order valence-electron chi connectivity index (χ2n) is 6.24. The second kappa shape index (κ2) is 10.3. The van der Waals surface area contributed by atoms with Crippen LogP contribution >= 0.6 is 11.8 Å². The van der Waals surface area contributed by atoms with Crippen LogP contribution in [0, 0.1) is 28.4 Å². The van der Waals surface area contributed by atoms with E-state index in [4.69, 9.17) is 5.26 Å². The fraction of sp³-hybridized carbons (Fsp3) is 0.833. The van der Waals surface area contributed by atoms with E-state index >= 15 is 0 Å². The molecule has 0 bridgehead atoms. The molecule has 2 saturated carbocycles. The smallest absolute Gasteiger partial charge is 0.133 e. The molecule has 3 heteroatoms. The molecule has 0 amide bonds. The summed E-state index contributed by atoms with van der Waals surface area (Å²) in [5, 5.41) is 10.6. The number of thiocyanates is 1. The van der Waals surface area contributed by atoms with Crippen LogP contribution in [0.2, 0.25) is 0 Å². The van der Waals surface area contributed by atoms with Gasteiger partial charge in [0, 0.05) is 0 Å². The van der Waals surface area contributed by atoms with Crippen molar-refractivity contribution in [3.05, 3.63) is 12.2 Å². The van der Waals surface area contributed by atoms with E-state index in [0.717, 1.165) is 36.4 Å². The third kappa shape index (κ3) is 6.43. The van der Waals surface area contributed by atoms with Crippen LogP contribution in [-0.4, -0.2) is 11.4 Å². The molecule has 0 aliphatic heterocycles. The molecule has 2 fully saturated rings. The van der Waals surface area contributed by atoms with Crippen molar-refractivity contribution in [2.24, 2.45) is 17.8 Å². The molecule has 2 rings (SSSR count). The molecule has 3 atom stereocenters. The molecule has 0 N–H and O–H groups in total. The highest BCUT2D eigenvalue weighted by Gasteiger charge is 2.30. The SMILES string of the molecule is CC.CC1CCC(C=CC2CCC(SC#N)C(F)C2)CC1. The molecule has 0 aromatic heterocycles. The van der Waals surface area contributed by atoms with E-state index in [2.05, 4.69) is 19.1 Å². The summed E-state index contributed by atoms with van der Waals surface area (Å²) in [6, 6.07) is 0. The molecule has 2 aliphatic carbocycles. The summed E-state index contributed by atoms with van der Waals surface area (Å²) in [4.78, 5) is 0. The van der Waals surface area contributed by atoms with Crippen LogP contribution < -0.4 is 0 Å². The zero-order chi connectivity index (χ0) is 15.7. The molecule has 3 unspecified atom stereocenters. The topological polar surface area (TPSA) is 23.8 Å². The number of rotatable bonds is 3. The van der Waals surface area contributed by atoms with Gasteiger partial charge in [0.1, 0.15) is 11.6 Å². The molecule has 120 valence electrons. The Labute approximate surface area is 134 Å². The fourth-order valence-corrected chi connectivity index (χ4v) is 3.93. The van der Waals surface area contributed by atoms with Crippen molar-refractivity contribution in [3.63, 3.8) is 0 Å². The minimum Gasteiger partial charge on any atom is -0.246 e. The highest BCUT2D eigenvalue weighted by atomic mass is 32.2. The minimum atomic E-state index is -0.806. The molecule has 0 aromatic rings. The van der Waals surface area contributed by atoms with E-state index in [0.29, 0.717) is 12.3 Å². The number of allylic oxidation sites excluding steroid dienone is 2. The van der Waals surface area contributed by atoms with Gasteiger partial charge >= 0.3 is 0 Å². The summed E-state index contributed by atoms with van der Waals surface area (Å²) < 4.78 is 13.9. The Kier molecular flexibility index (Phi) is 9.08. The van der Waals surface area contributed by atoms with E-state index in [1.165, 1.54) is 25.7 Å². The van der Waals surface area contributed by atoms with Gasteiger partial charge in [-0.25, -0.2) is 4.39 Å². The zero-order valence-corrected chi connectivity index (χ0v) is 14.5. The van der Waals surface area contributed by atoms with Crippen molar-refractivity contribution in [3.8, 4) is 5.40 Å². The largest absolute Gasteiger partial charge is 0.246 e. The Bertz CT molecular complexity index is 342. The third-order valence-electron chi connectivity index (χ3n) is 4.67. The predicted molar refractivity (Wildman–Crippen MR) is 90.8 cm³/mol. The normalized spacial score (nSPS) is 36.6. The Balaban J connectivity index is 0.00000106. The van der Waals surface area contributed by atoms with Crippen molar-refractivity contribution in [2.45, 2.75) is 77.1 Å². The lowest BCUT2D eigenvalue weighted by molar-refractivity contribution is 0.228. The van der Waals surface area contributed by atoms with Gasteiger partial charge in [0.05, 0.1) is 5.25 Å². The first kappa shape index (κ1) is 18.6. The number of halogens is 1. The van der Waals surface area contributed by atoms with Gasteiger partial charge in [-0.15, -0.1) is 0 Å². The minimum absolute atomic E-state index is 0.0924. The van der Waals surface area contributed by atoms with Crippen LogP contribution in [0.1, 0.15) is 65.7 Å². The highest BCUT2D eigenvalue weighted by Crippen LogP contribution is 2.35. The van der Waals surface area contributed by atoms with Gasteiger partial charge in [-0.05, 0) is 61.6 Å². The molecular formula is C18H30FNS. The number of thioether (sulfide) groups is 1. The van der Waals surface area contributed by atoms with E-state index in [1.54, 1.807) is 0 Å². The molecular weight excluding hydrogens is 281 g/mol. The van der Waals surface area contributed by atoms with Crippen molar-refractivity contribution in [1.82, 2.24) is 0 Å². The van der Waals surface area contributed by atoms with Gasteiger partial charge in [0.2, 0.25) is 0 Å². The van der Waals surface area contributed by atoms with E-state index < -0.39 is 6.17 Å². The van der Waals surface area contributed by atoms with Crippen LogP contribution in [0.4, 0.5) is 4.39 Å². The number of nitrogens with zero attached hydrogens (tertiary/aromatic N) is 1. The molecule has 0 spiro atoms. The Hall–Kier alpha value is -0.490. The summed E-state index contributed by atoms with van der Waals surface area (Å²) in [5.74, 6) is 2.00. The number of alkyl halides is 1. The quantitative estimate of drug-likeness (QED) is 0.463. The maximum Gasteiger partial charge on any atom is 0.133 e. The number of nitriles is 1. The van der Waals surface area contributed by atoms with Gasteiger partial charge in [0.15, 0.2) is 0 Å². The molecule has 0 radical (unpaired) electrons. The molecule has 0 aromatic carbocycles.